The fraction of sp³-hybridized carbons (Fsp3) is 0.100. The molecule has 0 spiro atoms. The molecule has 4 nitrogen and oxygen atoms in total. The maximum atomic E-state index is 10.8. The monoisotopic (exact) mass is 224 g/mol. The number of carbonyl (C=O) groups is 1. The van der Waals surface area contributed by atoms with Crippen LogP contribution in [0.25, 0.3) is 0 Å². The summed E-state index contributed by atoms with van der Waals surface area (Å²) in [5.74, 6) is -0.349. The van der Waals surface area contributed by atoms with Gasteiger partial charge in [-0.25, -0.2) is 4.79 Å². The molecule has 1 heterocycles. The maximum absolute atomic E-state index is 10.8. The quantitative estimate of drug-likeness (QED) is 0.594. The number of nitrogens with one attached hydrogen (secondary N) is 1. The van der Waals surface area contributed by atoms with Crippen LogP contribution >= 0.6 is 11.6 Å². The Labute approximate surface area is 91.7 Å². The van der Waals surface area contributed by atoms with Gasteiger partial charge in [-0.15, -0.1) is 0 Å². The molecule has 0 saturated heterocycles. The van der Waals surface area contributed by atoms with Crippen LogP contribution in [-0.4, -0.2) is 12.6 Å². The Morgan fingerprint density at radius 3 is 2.93 bits per heavy atom. The smallest absolute Gasteiger partial charge is 0.333 e. The molecule has 1 aromatic carbocycles. The number of carbonyl (C=O) groups excluding carboxylic acids is 1. The second-order valence-corrected chi connectivity index (χ2v) is 3.57. The van der Waals surface area contributed by atoms with Crippen molar-refractivity contribution in [2.24, 2.45) is 0 Å². The van der Waals surface area contributed by atoms with Crippen molar-refractivity contribution in [1.29, 1.82) is 0 Å². The average Bonchev–Trinajstić information content (AvgIpc) is 2.58. The molecule has 0 fully saturated rings. The number of halogens is 1. The third-order valence-electron chi connectivity index (χ3n) is 1.97. The number of benzene rings is 1. The Kier molecular flexibility index (Phi) is 2.51. The highest BCUT2D eigenvalue weighted by Gasteiger charge is 2.13. The molecule has 78 valence electrons. The van der Waals surface area contributed by atoms with E-state index in [4.69, 9.17) is 22.1 Å². The molecule has 15 heavy (non-hydrogen) atoms. The molecule has 0 aliphatic carbocycles. The summed E-state index contributed by atoms with van der Waals surface area (Å²) in [6.45, 7) is 0.241. The zero-order valence-electron chi connectivity index (χ0n) is 7.79. The molecule has 3 N–H and O–H groups in total. The summed E-state index contributed by atoms with van der Waals surface area (Å²) in [5.41, 5.74) is 7.65. The topological polar surface area (TPSA) is 64.3 Å². The lowest BCUT2D eigenvalue weighted by molar-refractivity contribution is -0.134. The van der Waals surface area contributed by atoms with Crippen LogP contribution in [0.4, 0.5) is 11.4 Å². The van der Waals surface area contributed by atoms with Crippen LogP contribution in [0.3, 0.4) is 0 Å². The Bertz CT molecular complexity index is 443. The summed E-state index contributed by atoms with van der Waals surface area (Å²) >= 11 is 5.82. The van der Waals surface area contributed by atoms with Crippen LogP contribution in [0.5, 0.6) is 0 Å². The zero-order valence-corrected chi connectivity index (χ0v) is 8.54. The van der Waals surface area contributed by atoms with Gasteiger partial charge >= 0.3 is 5.97 Å². The van der Waals surface area contributed by atoms with Gasteiger partial charge in [0.25, 0.3) is 0 Å². The molecule has 0 atom stereocenters. The first-order chi connectivity index (χ1) is 7.15. The zero-order chi connectivity index (χ0) is 10.8. The highest BCUT2D eigenvalue weighted by atomic mass is 35.5. The minimum atomic E-state index is -0.349. The molecule has 0 unspecified atom stereocenters. The molecule has 0 amide bonds. The Hall–Kier alpha value is -1.68. The Morgan fingerprint density at radius 2 is 2.27 bits per heavy atom. The summed E-state index contributed by atoms with van der Waals surface area (Å²) in [6.07, 6.45) is 1.39. The van der Waals surface area contributed by atoms with E-state index < -0.39 is 0 Å². The molecule has 5 heteroatoms. The number of esters is 1. The largest absolute Gasteiger partial charge is 0.456 e. The Morgan fingerprint density at radius 1 is 1.47 bits per heavy atom. The van der Waals surface area contributed by atoms with E-state index in [1.165, 1.54) is 6.08 Å². The van der Waals surface area contributed by atoms with Crippen molar-refractivity contribution in [2.75, 3.05) is 17.7 Å². The fourth-order valence-corrected chi connectivity index (χ4v) is 1.43. The van der Waals surface area contributed by atoms with Gasteiger partial charge in [-0.3, -0.25) is 0 Å². The van der Waals surface area contributed by atoms with Crippen molar-refractivity contribution in [3.63, 3.8) is 0 Å². The maximum Gasteiger partial charge on any atom is 0.333 e. The van der Waals surface area contributed by atoms with Crippen molar-refractivity contribution in [3.8, 4) is 0 Å². The molecule has 0 radical (unpaired) electrons. The summed E-state index contributed by atoms with van der Waals surface area (Å²) in [4.78, 5) is 10.8. The molecular formula is C10H9ClN2O2. The SMILES string of the molecule is Nc1ccc(Cl)cc1NC1=CC(=O)OC1. The molecule has 0 aromatic heterocycles. The first kappa shape index (κ1) is 9.86. The van der Waals surface area contributed by atoms with Crippen molar-refractivity contribution in [1.82, 2.24) is 0 Å². The van der Waals surface area contributed by atoms with Crippen molar-refractivity contribution < 1.29 is 9.53 Å². The summed E-state index contributed by atoms with van der Waals surface area (Å²) < 4.78 is 4.74. The number of nitrogens with two attached hydrogens (primary N) is 1. The molecule has 0 bridgehead atoms. The number of rotatable bonds is 2. The number of hydrogen-bond acceptors (Lipinski definition) is 4. The van der Waals surface area contributed by atoms with Crippen LogP contribution < -0.4 is 11.1 Å². The lowest BCUT2D eigenvalue weighted by Crippen LogP contribution is -2.03. The van der Waals surface area contributed by atoms with Gasteiger partial charge in [0.05, 0.1) is 17.1 Å². The van der Waals surface area contributed by atoms with Crippen LogP contribution in [0.2, 0.25) is 5.02 Å². The molecule has 2 rings (SSSR count). The average molecular weight is 225 g/mol. The third-order valence-corrected chi connectivity index (χ3v) is 2.21. The first-order valence-corrected chi connectivity index (χ1v) is 4.72. The van der Waals surface area contributed by atoms with Gasteiger partial charge in [-0.05, 0) is 18.2 Å². The number of nitrogen functional groups attached to an aromatic ring is 1. The van der Waals surface area contributed by atoms with Crippen LogP contribution in [0.1, 0.15) is 0 Å². The van der Waals surface area contributed by atoms with Gasteiger partial charge in [0.15, 0.2) is 0 Å². The van der Waals surface area contributed by atoms with Gasteiger partial charge in [-0.2, -0.15) is 0 Å². The fourth-order valence-electron chi connectivity index (χ4n) is 1.26. The minimum absolute atomic E-state index is 0.241. The standard InChI is InChI=1S/C10H9ClN2O2/c11-6-1-2-8(12)9(3-6)13-7-4-10(14)15-5-7/h1-4,13H,5,12H2. The lowest BCUT2D eigenvalue weighted by atomic mass is 10.2. The van der Waals surface area contributed by atoms with E-state index in [1.54, 1.807) is 18.2 Å². The van der Waals surface area contributed by atoms with Crippen LogP contribution in [0.15, 0.2) is 30.0 Å². The van der Waals surface area contributed by atoms with E-state index in [1.807, 2.05) is 0 Å². The first-order valence-electron chi connectivity index (χ1n) is 4.34. The Balaban J connectivity index is 2.20. The number of ether oxygens (including phenoxy) is 1. The summed E-state index contributed by atoms with van der Waals surface area (Å²) in [7, 11) is 0. The van der Waals surface area contributed by atoms with E-state index in [-0.39, 0.29) is 12.6 Å². The number of hydrogen-bond donors (Lipinski definition) is 2. The predicted octanol–water partition coefficient (Wildman–Crippen LogP) is 1.77. The van der Waals surface area contributed by atoms with E-state index in [0.29, 0.717) is 22.1 Å². The van der Waals surface area contributed by atoms with E-state index in [0.717, 1.165) is 0 Å². The van der Waals surface area contributed by atoms with Crippen LogP contribution in [-0.2, 0) is 9.53 Å². The van der Waals surface area contributed by atoms with Crippen molar-refractivity contribution in [2.45, 2.75) is 0 Å². The van der Waals surface area contributed by atoms with Crippen molar-refractivity contribution in [3.05, 3.63) is 35.0 Å². The summed E-state index contributed by atoms with van der Waals surface area (Å²) in [6, 6.07) is 5.09. The molecular weight excluding hydrogens is 216 g/mol. The van der Waals surface area contributed by atoms with Gasteiger partial charge < -0.3 is 15.8 Å². The third kappa shape index (κ3) is 2.22. The minimum Gasteiger partial charge on any atom is -0.456 e. The molecule has 1 aromatic rings. The van der Waals surface area contributed by atoms with E-state index in [9.17, 15) is 4.79 Å². The number of cyclic esters (lactones) is 1. The van der Waals surface area contributed by atoms with Gasteiger partial charge in [0, 0.05) is 11.1 Å². The normalized spacial score (nSPS) is 14.7. The highest BCUT2D eigenvalue weighted by Crippen LogP contribution is 2.24. The highest BCUT2D eigenvalue weighted by molar-refractivity contribution is 6.31. The van der Waals surface area contributed by atoms with Crippen molar-refractivity contribution >= 4 is 28.9 Å². The molecule has 1 aliphatic heterocycles. The van der Waals surface area contributed by atoms with Gasteiger partial charge in [-0.1, -0.05) is 11.6 Å². The summed E-state index contributed by atoms with van der Waals surface area (Å²) in [5, 5.41) is 3.57. The lowest BCUT2D eigenvalue weighted by Gasteiger charge is -2.09. The van der Waals surface area contributed by atoms with Crippen LogP contribution in [0, 0.1) is 0 Å². The molecule has 1 aliphatic rings. The van der Waals surface area contributed by atoms with E-state index in [2.05, 4.69) is 5.32 Å². The number of anilines is 2. The molecule has 0 saturated carbocycles. The second kappa shape index (κ2) is 3.82. The van der Waals surface area contributed by atoms with E-state index >= 15 is 0 Å². The van der Waals surface area contributed by atoms with Gasteiger partial charge in [0.2, 0.25) is 0 Å². The predicted molar refractivity (Wildman–Crippen MR) is 58.5 cm³/mol. The second-order valence-electron chi connectivity index (χ2n) is 3.13. The van der Waals surface area contributed by atoms with Gasteiger partial charge in [0.1, 0.15) is 6.61 Å².